The molecule has 0 saturated carbocycles. The van der Waals surface area contributed by atoms with Gasteiger partial charge in [0.2, 0.25) is 5.89 Å². The largest absolute Gasteiger partial charge is 0.394 e. The van der Waals surface area contributed by atoms with Gasteiger partial charge in [0.05, 0.1) is 18.7 Å². The van der Waals surface area contributed by atoms with Crippen molar-refractivity contribution >= 4 is 5.91 Å². The van der Waals surface area contributed by atoms with Gasteiger partial charge in [-0.15, -0.1) is 0 Å². The second-order valence-corrected chi connectivity index (χ2v) is 4.37. The average molecular weight is 254 g/mol. The molecule has 3 N–H and O–H groups in total. The molecule has 100 valence electrons. The van der Waals surface area contributed by atoms with Crippen molar-refractivity contribution in [3.63, 3.8) is 0 Å². The van der Waals surface area contributed by atoms with Gasteiger partial charge in [-0.25, -0.2) is 0 Å². The van der Waals surface area contributed by atoms with Crippen molar-refractivity contribution in [2.24, 2.45) is 0 Å². The quantitative estimate of drug-likeness (QED) is 0.683. The number of carbonyl (C=O) groups excluding carboxylic acids is 1. The third kappa shape index (κ3) is 2.85. The predicted molar refractivity (Wildman–Crippen MR) is 62.9 cm³/mol. The van der Waals surface area contributed by atoms with E-state index < -0.39 is 5.91 Å². The highest BCUT2D eigenvalue weighted by Gasteiger charge is 2.24. The second-order valence-electron chi connectivity index (χ2n) is 4.37. The molecule has 1 fully saturated rings. The fraction of sp³-hybridized carbons (Fsp3) is 0.727. The molecule has 1 aromatic heterocycles. The SMILES string of the molecule is CC[C@@H](CO)NC(=O)c1noc(C2CCCN2)n1. The van der Waals surface area contributed by atoms with Gasteiger partial charge in [0, 0.05) is 0 Å². The molecule has 1 aliphatic rings. The molecule has 0 radical (unpaired) electrons. The molecule has 2 atom stereocenters. The van der Waals surface area contributed by atoms with Gasteiger partial charge in [0.25, 0.3) is 11.7 Å². The van der Waals surface area contributed by atoms with Gasteiger partial charge in [-0.2, -0.15) is 4.98 Å². The molecule has 0 aromatic carbocycles. The van der Waals surface area contributed by atoms with Crippen LogP contribution in [0.5, 0.6) is 0 Å². The Morgan fingerprint density at radius 1 is 1.72 bits per heavy atom. The van der Waals surface area contributed by atoms with Crippen LogP contribution in [0.25, 0.3) is 0 Å². The lowest BCUT2D eigenvalue weighted by Crippen LogP contribution is -2.37. The molecule has 7 heteroatoms. The molecule has 1 unspecified atom stereocenters. The third-order valence-corrected chi connectivity index (χ3v) is 3.05. The number of hydrogen-bond acceptors (Lipinski definition) is 6. The van der Waals surface area contributed by atoms with Gasteiger partial charge >= 0.3 is 0 Å². The second kappa shape index (κ2) is 5.92. The van der Waals surface area contributed by atoms with Crippen LogP contribution in [0.2, 0.25) is 0 Å². The highest BCUT2D eigenvalue weighted by atomic mass is 16.5. The van der Waals surface area contributed by atoms with E-state index in [0.29, 0.717) is 12.3 Å². The lowest BCUT2D eigenvalue weighted by molar-refractivity contribution is 0.0901. The number of nitrogens with one attached hydrogen (secondary N) is 2. The van der Waals surface area contributed by atoms with Crippen LogP contribution in [-0.2, 0) is 0 Å². The van der Waals surface area contributed by atoms with Gasteiger partial charge < -0.3 is 20.3 Å². The Morgan fingerprint density at radius 3 is 3.17 bits per heavy atom. The Bertz CT molecular complexity index is 397. The van der Waals surface area contributed by atoms with Crippen molar-refractivity contribution < 1.29 is 14.4 Å². The zero-order valence-electron chi connectivity index (χ0n) is 10.3. The summed E-state index contributed by atoms with van der Waals surface area (Å²) in [4.78, 5) is 15.9. The molecule has 0 bridgehead atoms. The molecule has 18 heavy (non-hydrogen) atoms. The van der Waals surface area contributed by atoms with E-state index in [9.17, 15) is 4.79 Å². The van der Waals surface area contributed by atoms with E-state index in [0.717, 1.165) is 19.4 Å². The van der Waals surface area contributed by atoms with E-state index in [-0.39, 0.29) is 24.5 Å². The Hall–Kier alpha value is -1.47. The van der Waals surface area contributed by atoms with Crippen LogP contribution in [0.15, 0.2) is 4.52 Å². The molecule has 1 amide bonds. The summed E-state index contributed by atoms with van der Waals surface area (Å²) in [6, 6.07) is -0.220. The zero-order chi connectivity index (χ0) is 13.0. The monoisotopic (exact) mass is 254 g/mol. The zero-order valence-corrected chi connectivity index (χ0v) is 10.3. The summed E-state index contributed by atoms with van der Waals surface area (Å²) >= 11 is 0. The Kier molecular flexibility index (Phi) is 4.27. The summed E-state index contributed by atoms with van der Waals surface area (Å²) in [6.45, 7) is 2.71. The lowest BCUT2D eigenvalue weighted by Gasteiger charge is -2.11. The first-order valence-electron chi connectivity index (χ1n) is 6.23. The number of aliphatic hydroxyl groups excluding tert-OH is 1. The van der Waals surface area contributed by atoms with Gasteiger partial charge in [-0.3, -0.25) is 4.79 Å². The Morgan fingerprint density at radius 2 is 2.56 bits per heavy atom. The standard InChI is InChI=1S/C11H18N4O3/c1-2-7(6-16)13-10(17)9-14-11(18-15-9)8-4-3-5-12-8/h7-8,12,16H,2-6H2,1H3,(H,13,17)/t7-,8?/m0/s1. The van der Waals surface area contributed by atoms with Crippen molar-refractivity contribution in [2.45, 2.75) is 38.3 Å². The maximum absolute atomic E-state index is 11.8. The van der Waals surface area contributed by atoms with Crippen molar-refractivity contribution in [1.82, 2.24) is 20.8 Å². The highest BCUT2D eigenvalue weighted by molar-refractivity contribution is 5.90. The third-order valence-electron chi connectivity index (χ3n) is 3.05. The number of aromatic nitrogens is 2. The number of aliphatic hydroxyl groups is 1. The number of amides is 1. The van der Waals surface area contributed by atoms with Crippen LogP contribution in [0, 0.1) is 0 Å². The first kappa shape index (κ1) is 13.0. The summed E-state index contributed by atoms with van der Waals surface area (Å²) < 4.78 is 5.07. The minimum absolute atomic E-state index is 0.0191. The van der Waals surface area contributed by atoms with E-state index >= 15 is 0 Å². The fourth-order valence-electron chi connectivity index (χ4n) is 1.89. The molecule has 2 rings (SSSR count). The topological polar surface area (TPSA) is 100 Å². The molecule has 0 spiro atoms. The van der Waals surface area contributed by atoms with E-state index in [4.69, 9.17) is 9.63 Å². The fourth-order valence-corrected chi connectivity index (χ4v) is 1.89. The van der Waals surface area contributed by atoms with Crippen LogP contribution in [-0.4, -0.2) is 40.3 Å². The van der Waals surface area contributed by atoms with E-state index in [1.165, 1.54) is 0 Å². The Labute approximate surface area is 105 Å². The van der Waals surface area contributed by atoms with Crippen molar-refractivity contribution in [2.75, 3.05) is 13.2 Å². The number of carbonyl (C=O) groups is 1. The number of nitrogens with zero attached hydrogens (tertiary/aromatic N) is 2. The minimum Gasteiger partial charge on any atom is -0.394 e. The van der Waals surface area contributed by atoms with E-state index in [2.05, 4.69) is 20.8 Å². The molecule has 2 heterocycles. The van der Waals surface area contributed by atoms with Crippen LogP contribution >= 0.6 is 0 Å². The molecular formula is C11H18N4O3. The number of rotatable bonds is 5. The maximum atomic E-state index is 11.8. The molecule has 1 aliphatic heterocycles. The van der Waals surface area contributed by atoms with E-state index in [1.807, 2.05) is 6.92 Å². The number of hydrogen-bond donors (Lipinski definition) is 3. The molecule has 0 aliphatic carbocycles. The van der Waals surface area contributed by atoms with Crippen LogP contribution < -0.4 is 10.6 Å². The highest BCUT2D eigenvalue weighted by Crippen LogP contribution is 2.20. The summed E-state index contributed by atoms with van der Waals surface area (Å²) in [5.41, 5.74) is 0. The smallest absolute Gasteiger partial charge is 0.292 e. The normalized spacial score (nSPS) is 20.9. The van der Waals surface area contributed by atoms with Crippen molar-refractivity contribution in [3.8, 4) is 0 Å². The van der Waals surface area contributed by atoms with Gasteiger partial charge in [-0.1, -0.05) is 12.1 Å². The van der Waals surface area contributed by atoms with Crippen LogP contribution in [0.4, 0.5) is 0 Å². The Balaban J connectivity index is 1.98. The van der Waals surface area contributed by atoms with Gasteiger partial charge in [0.15, 0.2) is 0 Å². The first-order valence-corrected chi connectivity index (χ1v) is 6.23. The van der Waals surface area contributed by atoms with Crippen LogP contribution in [0.3, 0.4) is 0 Å². The molecular weight excluding hydrogens is 236 g/mol. The lowest BCUT2D eigenvalue weighted by atomic mass is 10.2. The molecule has 7 nitrogen and oxygen atoms in total. The van der Waals surface area contributed by atoms with Crippen LogP contribution in [0.1, 0.15) is 48.7 Å². The maximum Gasteiger partial charge on any atom is 0.292 e. The summed E-state index contributed by atoms with van der Waals surface area (Å²) in [7, 11) is 0. The summed E-state index contributed by atoms with van der Waals surface area (Å²) in [6.07, 6.45) is 2.66. The van der Waals surface area contributed by atoms with E-state index in [1.54, 1.807) is 0 Å². The van der Waals surface area contributed by atoms with Gasteiger partial charge in [-0.05, 0) is 25.8 Å². The van der Waals surface area contributed by atoms with Gasteiger partial charge in [0.1, 0.15) is 0 Å². The summed E-state index contributed by atoms with van der Waals surface area (Å²) in [5.74, 6) is 0.0594. The average Bonchev–Trinajstić information content (AvgIpc) is 3.04. The summed E-state index contributed by atoms with van der Waals surface area (Å²) in [5, 5.41) is 18.5. The molecule has 1 aromatic rings. The molecule has 1 saturated heterocycles. The predicted octanol–water partition coefficient (Wildman–Crippen LogP) is -0.00520. The van der Waals surface area contributed by atoms with Crippen molar-refractivity contribution in [1.29, 1.82) is 0 Å². The first-order chi connectivity index (χ1) is 8.74. The minimum atomic E-state index is -0.413. The van der Waals surface area contributed by atoms with Crippen molar-refractivity contribution in [3.05, 3.63) is 11.7 Å².